The minimum Gasteiger partial charge on any atom is -0.456 e. The van der Waals surface area contributed by atoms with E-state index in [1.807, 2.05) is 25.1 Å². The Balaban J connectivity index is 1.50. The number of nitrogen functional groups attached to an aromatic ring is 2. The summed E-state index contributed by atoms with van der Waals surface area (Å²) in [6, 6.07) is 5.74. The topological polar surface area (TPSA) is 111 Å². The normalized spacial score (nSPS) is 27.3. The Bertz CT molecular complexity index is 1040. The first-order chi connectivity index (χ1) is 15.5. The molecule has 0 spiro atoms. The SMILES string of the molecule is Cc1cc(N)ccc1Oc1c(CC2CO2)c(N)c(CC2CO2)c(CC2CO2)c1CC1CO1. The third-order valence-corrected chi connectivity index (χ3v) is 6.67. The summed E-state index contributed by atoms with van der Waals surface area (Å²) in [5.41, 5.74) is 20.1. The molecule has 0 aromatic heterocycles. The molecule has 0 aliphatic carbocycles. The zero-order valence-electron chi connectivity index (χ0n) is 18.4. The van der Waals surface area contributed by atoms with Crippen molar-refractivity contribution in [1.82, 2.24) is 0 Å². The van der Waals surface area contributed by atoms with Gasteiger partial charge in [-0.25, -0.2) is 0 Å². The first-order valence-corrected chi connectivity index (χ1v) is 11.5. The van der Waals surface area contributed by atoms with Crippen molar-refractivity contribution in [2.75, 3.05) is 37.9 Å². The van der Waals surface area contributed by atoms with E-state index in [1.165, 1.54) is 16.7 Å². The number of benzene rings is 2. The summed E-state index contributed by atoms with van der Waals surface area (Å²) in [4.78, 5) is 0. The van der Waals surface area contributed by atoms with Crippen LogP contribution in [0, 0.1) is 6.92 Å². The lowest BCUT2D eigenvalue weighted by Gasteiger charge is -2.25. The quantitative estimate of drug-likeness (QED) is 0.433. The fourth-order valence-corrected chi connectivity index (χ4v) is 4.54. The number of epoxide rings is 4. The Morgan fingerprint density at radius 3 is 1.78 bits per heavy atom. The van der Waals surface area contributed by atoms with Gasteiger partial charge in [-0.1, -0.05) is 0 Å². The molecule has 4 unspecified atom stereocenters. The van der Waals surface area contributed by atoms with Crippen LogP contribution in [0.1, 0.15) is 27.8 Å². The molecule has 7 heteroatoms. The molecule has 4 atom stereocenters. The van der Waals surface area contributed by atoms with Crippen molar-refractivity contribution in [2.24, 2.45) is 0 Å². The van der Waals surface area contributed by atoms with Crippen LogP contribution in [0.25, 0.3) is 0 Å². The molecule has 0 bridgehead atoms. The van der Waals surface area contributed by atoms with Gasteiger partial charge in [0.15, 0.2) is 0 Å². The van der Waals surface area contributed by atoms with E-state index in [4.69, 9.17) is 35.2 Å². The smallest absolute Gasteiger partial charge is 0.136 e. The third-order valence-electron chi connectivity index (χ3n) is 6.67. The standard InChI is InChI=1S/C25H30N2O5/c1-13-4-14(26)2-3-23(13)32-25-21(7-17-11-30-17)19(5-15-9-28-15)20(6-16-10-29-16)24(27)22(25)8-18-12-31-18/h2-4,15-18H,5-12,26-27H2,1H3. The third kappa shape index (κ3) is 4.43. The van der Waals surface area contributed by atoms with Crippen molar-refractivity contribution in [1.29, 1.82) is 0 Å². The lowest BCUT2D eigenvalue weighted by atomic mass is 9.86. The summed E-state index contributed by atoms with van der Waals surface area (Å²) in [6.45, 7) is 5.15. The Kier molecular flexibility index (Phi) is 5.02. The molecule has 4 aliphatic heterocycles. The highest BCUT2D eigenvalue weighted by Gasteiger charge is 2.37. The van der Waals surface area contributed by atoms with Gasteiger partial charge >= 0.3 is 0 Å². The molecule has 0 radical (unpaired) electrons. The Morgan fingerprint density at radius 1 is 0.750 bits per heavy atom. The maximum Gasteiger partial charge on any atom is 0.136 e. The molecule has 32 heavy (non-hydrogen) atoms. The van der Waals surface area contributed by atoms with Crippen LogP contribution in [0.4, 0.5) is 11.4 Å². The Labute approximate surface area is 187 Å². The van der Waals surface area contributed by atoms with Gasteiger partial charge in [0.1, 0.15) is 11.5 Å². The van der Waals surface area contributed by atoms with Crippen molar-refractivity contribution in [3.8, 4) is 11.5 Å². The summed E-state index contributed by atoms with van der Waals surface area (Å²) >= 11 is 0. The van der Waals surface area contributed by atoms with Crippen LogP contribution in [0.2, 0.25) is 0 Å². The molecule has 4 aliphatic rings. The van der Waals surface area contributed by atoms with Gasteiger partial charge in [-0.3, -0.25) is 0 Å². The number of anilines is 2. The molecule has 2 aromatic carbocycles. The van der Waals surface area contributed by atoms with E-state index >= 15 is 0 Å². The van der Waals surface area contributed by atoms with Gasteiger partial charge in [0.2, 0.25) is 0 Å². The zero-order valence-corrected chi connectivity index (χ0v) is 18.4. The van der Waals surface area contributed by atoms with E-state index in [2.05, 4.69) is 0 Å². The van der Waals surface area contributed by atoms with Crippen LogP contribution in [0.3, 0.4) is 0 Å². The highest BCUT2D eigenvalue weighted by molar-refractivity contribution is 5.68. The first kappa shape index (κ1) is 20.3. The molecule has 6 rings (SSSR count). The predicted molar refractivity (Wildman–Crippen MR) is 120 cm³/mol. The maximum absolute atomic E-state index is 6.88. The predicted octanol–water partition coefficient (Wildman–Crippen LogP) is 2.72. The summed E-state index contributed by atoms with van der Waals surface area (Å²) in [5.74, 6) is 1.65. The van der Waals surface area contributed by atoms with Gasteiger partial charge in [0, 0.05) is 48.2 Å². The molecule has 0 saturated carbocycles. The van der Waals surface area contributed by atoms with Crippen LogP contribution < -0.4 is 16.2 Å². The minimum atomic E-state index is 0.194. The molecule has 4 fully saturated rings. The van der Waals surface area contributed by atoms with Gasteiger partial charge in [-0.05, 0) is 41.8 Å². The second-order valence-corrected chi connectivity index (χ2v) is 9.42. The number of rotatable bonds is 10. The van der Waals surface area contributed by atoms with E-state index in [0.717, 1.165) is 86.1 Å². The van der Waals surface area contributed by atoms with Crippen molar-refractivity contribution in [3.63, 3.8) is 0 Å². The zero-order chi connectivity index (χ0) is 21.8. The summed E-state index contributed by atoms with van der Waals surface area (Å²) < 4.78 is 29.1. The van der Waals surface area contributed by atoms with E-state index < -0.39 is 0 Å². The summed E-state index contributed by atoms with van der Waals surface area (Å²) in [7, 11) is 0. The highest BCUT2D eigenvalue weighted by atomic mass is 16.6. The Morgan fingerprint density at radius 2 is 1.25 bits per heavy atom. The summed E-state index contributed by atoms with van der Waals surface area (Å²) in [5, 5.41) is 0. The number of aryl methyl sites for hydroxylation is 1. The Hall–Kier alpha value is -2.32. The molecular weight excluding hydrogens is 408 g/mol. The minimum absolute atomic E-state index is 0.194. The fourth-order valence-electron chi connectivity index (χ4n) is 4.54. The average molecular weight is 439 g/mol. The van der Waals surface area contributed by atoms with Crippen LogP contribution >= 0.6 is 0 Å². The van der Waals surface area contributed by atoms with Crippen molar-refractivity contribution >= 4 is 11.4 Å². The molecule has 2 aromatic rings. The molecule has 7 nitrogen and oxygen atoms in total. The van der Waals surface area contributed by atoms with Crippen LogP contribution in [-0.4, -0.2) is 50.8 Å². The molecule has 4 N–H and O–H groups in total. The van der Waals surface area contributed by atoms with Crippen molar-refractivity contribution in [2.45, 2.75) is 57.0 Å². The second-order valence-electron chi connectivity index (χ2n) is 9.42. The van der Waals surface area contributed by atoms with Gasteiger partial charge in [-0.2, -0.15) is 0 Å². The molecule has 0 amide bonds. The van der Waals surface area contributed by atoms with Gasteiger partial charge in [0.05, 0.1) is 50.8 Å². The largest absolute Gasteiger partial charge is 0.456 e. The summed E-state index contributed by atoms with van der Waals surface area (Å²) in [6.07, 6.45) is 4.13. The number of ether oxygens (including phenoxy) is 5. The lowest BCUT2D eigenvalue weighted by Crippen LogP contribution is -2.16. The number of hydrogen-bond donors (Lipinski definition) is 2. The van der Waals surface area contributed by atoms with Crippen molar-refractivity contribution < 1.29 is 23.7 Å². The maximum atomic E-state index is 6.88. The second kappa shape index (κ2) is 7.92. The lowest BCUT2D eigenvalue weighted by molar-refractivity contribution is 0.390. The van der Waals surface area contributed by atoms with Gasteiger partial charge in [-0.15, -0.1) is 0 Å². The van der Waals surface area contributed by atoms with E-state index in [9.17, 15) is 0 Å². The van der Waals surface area contributed by atoms with E-state index in [-0.39, 0.29) is 24.4 Å². The van der Waals surface area contributed by atoms with Crippen LogP contribution in [-0.2, 0) is 44.6 Å². The molecule has 4 saturated heterocycles. The van der Waals surface area contributed by atoms with Crippen LogP contribution in [0.15, 0.2) is 18.2 Å². The van der Waals surface area contributed by atoms with Crippen LogP contribution in [0.5, 0.6) is 11.5 Å². The van der Waals surface area contributed by atoms with Gasteiger partial charge in [0.25, 0.3) is 0 Å². The number of nitrogens with two attached hydrogens (primary N) is 2. The monoisotopic (exact) mass is 438 g/mol. The average Bonchev–Trinajstić information content (AvgIpc) is 3.61. The highest BCUT2D eigenvalue weighted by Crippen LogP contribution is 2.45. The first-order valence-electron chi connectivity index (χ1n) is 11.5. The molecule has 4 heterocycles. The molecule has 170 valence electrons. The van der Waals surface area contributed by atoms with Crippen molar-refractivity contribution in [3.05, 3.63) is 46.0 Å². The number of hydrogen-bond acceptors (Lipinski definition) is 7. The molecular formula is C25H30N2O5. The van der Waals surface area contributed by atoms with E-state index in [1.54, 1.807) is 0 Å². The fraction of sp³-hybridized carbons (Fsp3) is 0.520. The van der Waals surface area contributed by atoms with Gasteiger partial charge < -0.3 is 35.2 Å². The van der Waals surface area contributed by atoms with E-state index in [0.29, 0.717) is 0 Å².